The quantitative estimate of drug-likeness (QED) is 0.381. The van der Waals surface area contributed by atoms with Gasteiger partial charge in [-0.3, -0.25) is 4.99 Å². The van der Waals surface area contributed by atoms with Gasteiger partial charge in [-0.15, -0.1) is 24.0 Å². The number of piperazine rings is 1. The van der Waals surface area contributed by atoms with Gasteiger partial charge >= 0.3 is 0 Å². The highest BCUT2D eigenvalue weighted by atomic mass is 127. The van der Waals surface area contributed by atoms with E-state index in [2.05, 4.69) is 25.3 Å². The van der Waals surface area contributed by atoms with Gasteiger partial charge in [-0.1, -0.05) is 25.9 Å². The van der Waals surface area contributed by atoms with E-state index in [1.165, 1.54) is 6.07 Å². The van der Waals surface area contributed by atoms with E-state index in [0.717, 1.165) is 12.1 Å². The Kier molecular flexibility index (Phi) is 7.78. The van der Waals surface area contributed by atoms with Crippen LogP contribution in [0.4, 0.5) is 14.5 Å². The molecule has 1 saturated heterocycles. The maximum absolute atomic E-state index is 14.0. The minimum Gasteiger partial charge on any atom is -0.366 e. The average Bonchev–Trinajstić information content (AvgIpc) is 3.14. The third kappa shape index (κ3) is 5.77. The van der Waals surface area contributed by atoms with Gasteiger partial charge < -0.3 is 19.6 Å². The molecule has 2 aromatic rings. The monoisotopic (exact) mass is 520 g/mol. The molecule has 2 heterocycles. The number of hydrogen-bond acceptors (Lipinski definition) is 5. The van der Waals surface area contributed by atoms with E-state index in [9.17, 15) is 8.78 Å². The zero-order valence-electron chi connectivity index (χ0n) is 17.1. The number of aromatic nitrogens is 2. The van der Waals surface area contributed by atoms with Gasteiger partial charge in [0.1, 0.15) is 11.6 Å². The number of rotatable bonds is 3. The molecule has 0 amide bonds. The van der Waals surface area contributed by atoms with Crippen molar-refractivity contribution in [3.05, 3.63) is 41.5 Å². The van der Waals surface area contributed by atoms with E-state index in [1.807, 2.05) is 25.7 Å². The predicted molar refractivity (Wildman–Crippen MR) is 119 cm³/mol. The number of guanidine groups is 1. The molecule has 1 aliphatic rings. The fourth-order valence-corrected chi connectivity index (χ4v) is 3.01. The van der Waals surface area contributed by atoms with E-state index in [0.29, 0.717) is 56.1 Å². The van der Waals surface area contributed by atoms with Crippen LogP contribution in [0.15, 0.2) is 27.7 Å². The van der Waals surface area contributed by atoms with Crippen LogP contribution >= 0.6 is 24.0 Å². The van der Waals surface area contributed by atoms with Crippen LogP contribution in [0.3, 0.4) is 0 Å². The summed E-state index contributed by atoms with van der Waals surface area (Å²) in [6.07, 6.45) is 0. The maximum Gasteiger partial charge on any atom is 0.232 e. The number of nitrogens with one attached hydrogen (secondary N) is 1. The summed E-state index contributed by atoms with van der Waals surface area (Å²) in [7, 11) is 1.71. The summed E-state index contributed by atoms with van der Waals surface area (Å²) in [5.74, 6) is 1.01. The fourth-order valence-electron chi connectivity index (χ4n) is 3.01. The lowest BCUT2D eigenvalue weighted by atomic mass is 9.97. The standard InChI is InChI=1S/C19H26F2N6O.HI/c1-19(2,3)17-24-16(25-28-17)12-23-18(22-4)27-9-7-26(8-10-27)15-11-13(20)5-6-14(15)21;/h5-6,11H,7-10,12H2,1-4H3,(H,22,23);1H. The molecule has 0 atom stereocenters. The first-order chi connectivity index (χ1) is 13.3. The molecule has 1 aliphatic heterocycles. The van der Waals surface area contributed by atoms with E-state index < -0.39 is 11.6 Å². The normalized spacial score (nSPS) is 15.3. The predicted octanol–water partition coefficient (Wildman–Crippen LogP) is 3.16. The SMILES string of the molecule is CN=C(NCc1noc(C(C)(C)C)n1)N1CCN(c2cc(F)ccc2F)CC1.I. The van der Waals surface area contributed by atoms with Crippen LogP contribution in [-0.2, 0) is 12.0 Å². The third-order valence-electron chi connectivity index (χ3n) is 4.55. The molecule has 0 bridgehead atoms. The van der Waals surface area contributed by atoms with Crippen molar-refractivity contribution < 1.29 is 13.3 Å². The molecular weight excluding hydrogens is 493 g/mol. The molecule has 1 aromatic heterocycles. The second-order valence-corrected chi connectivity index (χ2v) is 7.74. The van der Waals surface area contributed by atoms with Crippen molar-refractivity contribution in [3.63, 3.8) is 0 Å². The van der Waals surface area contributed by atoms with E-state index in [1.54, 1.807) is 7.05 Å². The average molecular weight is 520 g/mol. The lowest BCUT2D eigenvalue weighted by Gasteiger charge is -2.37. The molecule has 1 aromatic carbocycles. The second-order valence-electron chi connectivity index (χ2n) is 7.74. The molecule has 0 saturated carbocycles. The van der Waals surface area contributed by atoms with Gasteiger partial charge in [0.15, 0.2) is 11.8 Å². The number of aliphatic imine (C=N–C) groups is 1. The van der Waals surface area contributed by atoms with E-state index >= 15 is 0 Å². The Morgan fingerprint density at radius 2 is 1.90 bits per heavy atom. The second kappa shape index (κ2) is 9.68. The third-order valence-corrected chi connectivity index (χ3v) is 4.55. The molecular formula is C19H27F2IN6O. The highest BCUT2D eigenvalue weighted by molar-refractivity contribution is 14.0. The van der Waals surface area contributed by atoms with E-state index in [-0.39, 0.29) is 29.4 Å². The van der Waals surface area contributed by atoms with Crippen molar-refractivity contribution in [2.45, 2.75) is 32.7 Å². The van der Waals surface area contributed by atoms with Gasteiger partial charge in [0.2, 0.25) is 5.89 Å². The number of nitrogens with zero attached hydrogens (tertiary/aromatic N) is 5. The molecule has 1 N–H and O–H groups in total. The molecule has 10 heteroatoms. The van der Waals surface area contributed by atoms with Crippen LogP contribution in [0.2, 0.25) is 0 Å². The summed E-state index contributed by atoms with van der Waals surface area (Å²) >= 11 is 0. The highest BCUT2D eigenvalue weighted by Crippen LogP contribution is 2.22. The lowest BCUT2D eigenvalue weighted by molar-refractivity contribution is 0.317. The Labute approximate surface area is 186 Å². The Morgan fingerprint density at radius 1 is 1.21 bits per heavy atom. The Bertz CT molecular complexity index is 843. The zero-order valence-corrected chi connectivity index (χ0v) is 19.4. The summed E-state index contributed by atoms with van der Waals surface area (Å²) in [5.41, 5.74) is 0.0965. The smallest absolute Gasteiger partial charge is 0.232 e. The number of anilines is 1. The van der Waals surface area contributed by atoms with Crippen LogP contribution in [-0.4, -0.2) is 54.2 Å². The summed E-state index contributed by atoms with van der Waals surface area (Å²) < 4.78 is 32.7. The molecule has 3 rings (SSSR count). The van der Waals surface area contributed by atoms with Gasteiger partial charge in [0, 0.05) is 44.7 Å². The largest absolute Gasteiger partial charge is 0.366 e. The van der Waals surface area contributed by atoms with Gasteiger partial charge in [0.25, 0.3) is 0 Å². The maximum atomic E-state index is 14.0. The van der Waals surface area contributed by atoms with Crippen molar-refractivity contribution >= 4 is 35.6 Å². The van der Waals surface area contributed by atoms with Crippen LogP contribution < -0.4 is 10.2 Å². The summed E-state index contributed by atoms with van der Waals surface area (Å²) in [6, 6.07) is 3.53. The Morgan fingerprint density at radius 3 is 2.48 bits per heavy atom. The van der Waals surface area contributed by atoms with Crippen molar-refractivity contribution in [1.82, 2.24) is 20.4 Å². The molecule has 0 spiro atoms. The first-order valence-electron chi connectivity index (χ1n) is 9.26. The first-order valence-corrected chi connectivity index (χ1v) is 9.26. The van der Waals surface area contributed by atoms with Gasteiger partial charge in [-0.05, 0) is 12.1 Å². The molecule has 0 aliphatic carbocycles. The van der Waals surface area contributed by atoms with Crippen molar-refractivity contribution in [2.75, 3.05) is 38.1 Å². The fraction of sp³-hybridized carbons (Fsp3) is 0.526. The Balaban J connectivity index is 0.00000300. The summed E-state index contributed by atoms with van der Waals surface area (Å²) in [5, 5.41) is 7.23. The van der Waals surface area contributed by atoms with Gasteiger partial charge in [-0.2, -0.15) is 4.98 Å². The van der Waals surface area contributed by atoms with Crippen molar-refractivity contribution in [3.8, 4) is 0 Å². The van der Waals surface area contributed by atoms with Crippen LogP contribution in [0.1, 0.15) is 32.5 Å². The summed E-state index contributed by atoms with van der Waals surface area (Å²) in [6.45, 7) is 8.83. The molecule has 160 valence electrons. The Hall–Kier alpha value is -1.98. The van der Waals surface area contributed by atoms with Crippen molar-refractivity contribution in [1.29, 1.82) is 0 Å². The zero-order chi connectivity index (χ0) is 20.3. The van der Waals surface area contributed by atoms with E-state index in [4.69, 9.17) is 4.52 Å². The van der Waals surface area contributed by atoms with Gasteiger partial charge in [-0.25, -0.2) is 8.78 Å². The molecule has 7 nitrogen and oxygen atoms in total. The van der Waals surface area contributed by atoms with Crippen LogP contribution in [0.25, 0.3) is 0 Å². The molecule has 0 radical (unpaired) electrons. The minimum atomic E-state index is -0.439. The molecule has 29 heavy (non-hydrogen) atoms. The van der Waals surface area contributed by atoms with Crippen molar-refractivity contribution in [2.24, 2.45) is 4.99 Å². The number of halogens is 3. The lowest BCUT2D eigenvalue weighted by Crippen LogP contribution is -2.52. The van der Waals surface area contributed by atoms with Crippen LogP contribution in [0, 0.1) is 11.6 Å². The topological polar surface area (TPSA) is 69.8 Å². The highest BCUT2D eigenvalue weighted by Gasteiger charge is 2.24. The minimum absolute atomic E-state index is 0. The number of hydrogen-bond donors (Lipinski definition) is 1. The summed E-state index contributed by atoms with van der Waals surface area (Å²) in [4.78, 5) is 12.6. The number of benzene rings is 1. The van der Waals surface area contributed by atoms with Crippen LogP contribution in [0.5, 0.6) is 0 Å². The van der Waals surface area contributed by atoms with Gasteiger partial charge in [0.05, 0.1) is 12.2 Å². The first kappa shape index (κ1) is 23.3. The molecule has 1 fully saturated rings. The molecule has 0 unspecified atom stereocenters.